The molecule has 0 unspecified atom stereocenters. The van der Waals surface area contributed by atoms with E-state index in [1.807, 2.05) is 0 Å². The van der Waals surface area contributed by atoms with Gasteiger partial charge < -0.3 is 4.90 Å². The molecule has 0 spiro atoms. The molecule has 0 N–H and O–H groups in total. The summed E-state index contributed by atoms with van der Waals surface area (Å²) in [7, 11) is 0. The van der Waals surface area contributed by atoms with Crippen LogP contribution in [0.25, 0.3) is 0 Å². The van der Waals surface area contributed by atoms with Gasteiger partial charge in [-0.25, -0.2) is 13.2 Å². The molecule has 0 bridgehead atoms. The average Bonchev–Trinajstić information content (AvgIpc) is 2.92. The molecule has 0 aliphatic carbocycles. The van der Waals surface area contributed by atoms with Crippen LogP contribution in [-0.4, -0.2) is 16.8 Å². The van der Waals surface area contributed by atoms with Crippen molar-refractivity contribution in [2.24, 2.45) is 0 Å². The van der Waals surface area contributed by atoms with Gasteiger partial charge >= 0.3 is 23.2 Å². The monoisotopic (exact) mass is 480 g/mol. The van der Waals surface area contributed by atoms with Gasteiger partial charge in [-0.15, -0.1) is 0 Å². The molecule has 118 valence electrons. The van der Waals surface area contributed by atoms with Crippen LogP contribution < -0.4 is 0 Å². The number of piperidine rings is 1. The molecule has 0 aromatic heterocycles. The van der Waals surface area contributed by atoms with Crippen molar-refractivity contribution in [1.29, 1.82) is 0 Å². The van der Waals surface area contributed by atoms with E-state index in [4.69, 9.17) is 3.40 Å². The second-order valence-electron chi connectivity index (χ2n) is 5.24. The summed E-state index contributed by atoms with van der Waals surface area (Å²) in [5.41, 5.74) is 0.356. The number of hydrogen-bond acceptors (Lipinski definition) is 2. The van der Waals surface area contributed by atoms with E-state index in [-0.39, 0.29) is 18.0 Å². The zero-order valence-electron chi connectivity index (χ0n) is 11.1. The van der Waals surface area contributed by atoms with Crippen molar-refractivity contribution in [1.82, 2.24) is 4.90 Å². The van der Waals surface area contributed by atoms with Gasteiger partial charge in [0.05, 0.1) is 6.04 Å². The van der Waals surface area contributed by atoms with E-state index in [9.17, 15) is 18.0 Å². The van der Waals surface area contributed by atoms with E-state index in [1.54, 1.807) is 4.90 Å². The quantitative estimate of drug-likeness (QED) is 0.580. The second-order valence-corrected chi connectivity index (χ2v) is 5.24. The van der Waals surface area contributed by atoms with Crippen molar-refractivity contribution in [2.45, 2.75) is 44.2 Å². The van der Waals surface area contributed by atoms with Crippen molar-refractivity contribution in [3.05, 3.63) is 35.1 Å². The number of rotatable bonds is 1. The van der Waals surface area contributed by atoms with Gasteiger partial charge in [-0.1, -0.05) is 0 Å². The first-order chi connectivity index (χ1) is 10.1. The van der Waals surface area contributed by atoms with Gasteiger partial charge in [0, 0.05) is 12.5 Å². The van der Waals surface area contributed by atoms with Crippen LogP contribution in [0.3, 0.4) is 0 Å². The molecule has 21 heavy (non-hydrogen) atoms. The summed E-state index contributed by atoms with van der Waals surface area (Å²) in [5, 5.41) is 0. The molecule has 2 aliphatic rings. The van der Waals surface area contributed by atoms with Crippen LogP contribution in [-0.2, 0) is 28.0 Å². The molecular formula is C14H14F3NO2Pt. The zero-order chi connectivity index (χ0) is 15.6. The van der Waals surface area contributed by atoms with Crippen molar-refractivity contribution < 1.29 is 41.1 Å². The molecule has 7 heteroatoms. The van der Waals surface area contributed by atoms with Gasteiger partial charge in [0.15, 0.2) is 17.5 Å². The summed E-state index contributed by atoms with van der Waals surface area (Å²) < 4.78 is 47.8. The summed E-state index contributed by atoms with van der Waals surface area (Å²) in [5.74, 6) is -3.81. The Bertz CT molecular complexity index is 532. The van der Waals surface area contributed by atoms with E-state index in [0.717, 1.165) is 51.2 Å². The summed E-state index contributed by atoms with van der Waals surface area (Å²) in [6.45, 7) is 0. The number of carbonyl (C=O) groups excluding carboxylic acids is 1. The first-order valence-electron chi connectivity index (χ1n) is 6.66. The van der Waals surface area contributed by atoms with Crippen LogP contribution in [0.15, 0.2) is 12.1 Å². The summed E-state index contributed by atoms with van der Waals surface area (Å²) >= 11 is 0.889. The molecule has 2 aliphatic heterocycles. The molecule has 0 saturated carbocycles. The number of nitrogens with zero attached hydrogens (tertiary/aromatic N) is 1. The third-order valence-electron chi connectivity index (χ3n) is 4.11. The third-order valence-corrected chi connectivity index (χ3v) is 4.11. The first kappa shape index (κ1) is 16.3. The molecule has 1 aromatic rings. The van der Waals surface area contributed by atoms with Crippen LogP contribution in [0.5, 0.6) is 0 Å². The number of carbonyl (C=O) groups is 1. The van der Waals surface area contributed by atoms with Crippen LogP contribution in [0, 0.1) is 17.5 Å². The Balaban J connectivity index is 0.000000774. The van der Waals surface area contributed by atoms with Gasteiger partial charge in [0.1, 0.15) is 0 Å². The van der Waals surface area contributed by atoms with Gasteiger partial charge in [-0.2, -0.15) is 0 Å². The number of hydrogen-bond donors (Lipinski definition) is 0. The summed E-state index contributed by atoms with van der Waals surface area (Å²) in [4.78, 5) is 13.7. The van der Waals surface area contributed by atoms with Gasteiger partial charge in [-0.3, -0.25) is 4.79 Å². The Morgan fingerprint density at radius 1 is 1.05 bits per heavy atom. The van der Waals surface area contributed by atoms with E-state index in [0.29, 0.717) is 18.4 Å². The maximum atomic E-state index is 13.3. The van der Waals surface area contributed by atoms with Crippen LogP contribution in [0.1, 0.15) is 43.7 Å². The Morgan fingerprint density at radius 3 is 2.29 bits per heavy atom. The SMILES string of the molecule is O=C1CCC[C@@H]2CC[C@@H](c3cc(F)c(F)c(F)c3)N12.[O]=[Pt]. The minimum absolute atomic E-state index is 0.0314. The van der Waals surface area contributed by atoms with Gasteiger partial charge in [0.25, 0.3) is 0 Å². The van der Waals surface area contributed by atoms with Crippen LogP contribution in [0.2, 0.25) is 0 Å². The fourth-order valence-electron chi connectivity index (χ4n) is 3.26. The predicted octanol–water partition coefficient (Wildman–Crippen LogP) is 3.20. The van der Waals surface area contributed by atoms with Crippen LogP contribution in [0.4, 0.5) is 13.2 Å². The Hall–Kier alpha value is -1.03. The second kappa shape index (κ2) is 6.82. The van der Waals surface area contributed by atoms with Gasteiger partial charge in [0.2, 0.25) is 5.91 Å². The topological polar surface area (TPSA) is 37.4 Å². The molecule has 2 atom stereocenters. The number of halogens is 3. The Kier molecular flexibility index (Phi) is 5.31. The number of fused-ring (bicyclic) bond motifs is 1. The molecule has 3 rings (SSSR count). The maximum absolute atomic E-state index is 13.3. The van der Waals surface area contributed by atoms with Crippen molar-refractivity contribution >= 4 is 5.91 Å². The first-order valence-corrected chi connectivity index (χ1v) is 7.59. The predicted molar refractivity (Wildman–Crippen MR) is 63.5 cm³/mol. The number of benzene rings is 1. The van der Waals surface area contributed by atoms with E-state index >= 15 is 0 Å². The molecule has 3 nitrogen and oxygen atoms in total. The fourth-order valence-corrected chi connectivity index (χ4v) is 3.26. The fraction of sp³-hybridized carbons (Fsp3) is 0.500. The molecular weight excluding hydrogens is 466 g/mol. The van der Waals surface area contributed by atoms with Gasteiger partial charge in [-0.05, 0) is 43.4 Å². The molecule has 1 amide bonds. The number of amides is 1. The minimum atomic E-state index is -1.46. The molecule has 1 aromatic carbocycles. The average molecular weight is 480 g/mol. The van der Waals surface area contributed by atoms with E-state index < -0.39 is 17.5 Å². The van der Waals surface area contributed by atoms with Crippen molar-refractivity contribution in [2.75, 3.05) is 0 Å². The summed E-state index contributed by atoms with van der Waals surface area (Å²) in [6, 6.07) is 1.87. The molecule has 0 radical (unpaired) electrons. The summed E-state index contributed by atoms with van der Waals surface area (Å²) in [6.07, 6.45) is 3.82. The Labute approximate surface area is 131 Å². The standard InChI is InChI=1S/C14H14F3NO.O.Pt/c15-10-6-8(7-11(16)14(10)17)12-5-4-9-2-1-3-13(19)18(9)12;;/h6-7,9,12H,1-5H2;;/t9-,12+;;/m1../s1. The molecule has 2 fully saturated rings. The Morgan fingerprint density at radius 2 is 1.67 bits per heavy atom. The van der Waals surface area contributed by atoms with Crippen molar-refractivity contribution in [3.8, 4) is 0 Å². The van der Waals surface area contributed by atoms with E-state index in [1.165, 1.54) is 0 Å². The zero-order valence-corrected chi connectivity index (χ0v) is 13.3. The van der Waals surface area contributed by atoms with Crippen LogP contribution >= 0.6 is 0 Å². The molecule has 2 saturated heterocycles. The molecule has 2 heterocycles. The van der Waals surface area contributed by atoms with E-state index in [2.05, 4.69) is 0 Å². The van der Waals surface area contributed by atoms with Crippen molar-refractivity contribution in [3.63, 3.8) is 0 Å². The third kappa shape index (κ3) is 3.10. The normalized spacial score (nSPS) is 24.4.